The maximum absolute atomic E-state index is 2.34. The van der Waals surface area contributed by atoms with Gasteiger partial charge in [0.05, 0.1) is 5.52 Å². The number of hydrogen-bond acceptors (Lipinski definition) is 0. The van der Waals surface area contributed by atoms with E-state index in [9.17, 15) is 0 Å². The van der Waals surface area contributed by atoms with Gasteiger partial charge >= 0.3 is 0 Å². The van der Waals surface area contributed by atoms with Crippen molar-refractivity contribution in [1.29, 1.82) is 0 Å². The van der Waals surface area contributed by atoms with E-state index in [4.69, 9.17) is 0 Å². The van der Waals surface area contributed by atoms with E-state index in [1.807, 2.05) is 0 Å². The average molecular weight is 257 g/mol. The maximum Gasteiger partial charge on any atom is 0.0515 e. The minimum absolute atomic E-state index is 0.333. The van der Waals surface area contributed by atoms with Crippen molar-refractivity contribution >= 4 is 10.9 Å². The molecule has 19 heavy (non-hydrogen) atoms. The fraction of sp³-hybridized carbons (Fsp3) is 0.556. The van der Waals surface area contributed by atoms with Crippen molar-refractivity contribution < 1.29 is 0 Å². The van der Waals surface area contributed by atoms with Gasteiger partial charge in [0.2, 0.25) is 0 Å². The molecule has 1 aromatic carbocycles. The smallest absolute Gasteiger partial charge is 0.0515 e. The molecule has 0 atom stereocenters. The van der Waals surface area contributed by atoms with Crippen LogP contribution in [0, 0.1) is 33.1 Å². The normalized spacial score (nSPS) is 12.4. The summed E-state index contributed by atoms with van der Waals surface area (Å²) in [4.78, 5) is 0. The van der Waals surface area contributed by atoms with Gasteiger partial charge in [-0.15, -0.1) is 0 Å². The summed E-state index contributed by atoms with van der Waals surface area (Å²) >= 11 is 0. The topological polar surface area (TPSA) is 4.93 Å². The maximum atomic E-state index is 2.34. The number of aryl methyl sites for hydroxylation is 4. The zero-order valence-corrected chi connectivity index (χ0v) is 13.7. The first-order valence-electron chi connectivity index (χ1n) is 7.18. The quantitative estimate of drug-likeness (QED) is 0.677. The van der Waals surface area contributed by atoms with Crippen LogP contribution in [-0.4, -0.2) is 4.57 Å². The Bertz CT molecular complexity index is 636. The zero-order valence-electron chi connectivity index (χ0n) is 13.7. The lowest BCUT2D eigenvalue weighted by molar-refractivity contribution is 0.409. The molecule has 0 saturated carbocycles. The number of nitrogens with zero attached hydrogens (tertiary/aromatic N) is 1. The van der Waals surface area contributed by atoms with Gasteiger partial charge in [0.15, 0.2) is 0 Å². The van der Waals surface area contributed by atoms with Gasteiger partial charge in [-0.1, -0.05) is 20.8 Å². The number of fused-ring (bicyclic) bond motifs is 1. The molecular weight excluding hydrogens is 230 g/mol. The summed E-state index contributed by atoms with van der Waals surface area (Å²) in [7, 11) is 2.17. The summed E-state index contributed by atoms with van der Waals surface area (Å²) in [6.45, 7) is 16.0. The van der Waals surface area contributed by atoms with E-state index in [0.717, 1.165) is 6.42 Å². The van der Waals surface area contributed by atoms with E-state index in [2.05, 4.69) is 66.1 Å². The van der Waals surface area contributed by atoms with E-state index in [0.29, 0.717) is 5.41 Å². The van der Waals surface area contributed by atoms with E-state index >= 15 is 0 Å². The van der Waals surface area contributed by atoms with Crippen molar-refractivity contribution in [3.8, 4) is 0 Å². The highest BCUT2D eigenvalue weighted by Crippen LogP contribution is 2.34. The predicted molar refractivity (Wildman–Crippen MR) is 85.0 cm³/mol. The lowest BCUT2D eigenvalue weighted by Crippen LogP contribution is -2.12. The first-order valence-corrected chi connectivity index (χ1v) is 7.18. The molecule has 0 aliphatic carbocycles. The van der Waals surface area contributed by atoms with Crippen LogP contribution in [0.15, 0.2) is 6.07 Å². The zero-order chi connectivity index (χ0) is 14.5. The Kier molecular flexibility index (Phi) is 3.28. The van der Waals surface area contributed by atoms with Gasteiger partial charge in [-0.25, -0.2) is 0 Å². The van der Waals surface area contributed by atoms with Crippen molar-refractivity contribution in [3.63, 3.8) is 0 Å². The number of hydrogen-bond donors (Lipinski definition) is 0. The Labute approximate surface area is 117 Å². The fourth-order valence-corrected chi connectivity index (χ4v) is 3.11. The third-order valence-electron chi connectivity index (χ3n) is 4.41. The van der Waals surface area contributed by atoms with E-state index in [-0.39, 0.29) is 0 Å². The second kappa shape index (κ2) is 4.40. The van der Waals surface area contributed by atoms with Crippen molar-refractivity contribution in [1.82, 2.24) is 4.57 Å². The highest BCUT2D eigenvalue weighted by atomic mass is 14.9. The largest absolute Gasteiger partial charge is 0.348 e. The van der Waals surface area contributed by atoms with E-state index in [1.54, 1.807) is 5.56 Å². The summed E-state index contributed by atoms with van der Waals surface area (Å²) in [5, 5.41) is 1.43. The molecule has 1 heteroatoms. The molecule has 2 rings (SSSR count). The number of rotatable bonds is 1. The molecule has 1 heterocycles. The third-order valence-corrected chi connectivity index (χ3v) is 4.41. The van der Waals surface area contributed by atoms with Crippen molar-refractivity contribution in [3.05, 3.63) is 34.0 Å². The van der Waals surface area contributed by atoms with Gasteiger partial charge in [0, 0.05) is 18.1 Å². The minimum Gasteiger partial charge on any atom is -0.348 e. The lowest BCUT2D eigenvalue weighted by Gasteiger charge is -2.23. The second-order valence-corrected chi connectivity index (χ2v) is 7.20. The van der Waals surface area contributed by atoms with Gasteiger partial charge in [-0.3, -0.25) is 0 Å². The van der Waals surface area contributed by atoms with Gasteiger partial charge in [0.25, 0.3) is 0 Å². The highest BCUT2D eigenvalue weighted by molar-refractivity contribution is 5.89. The second-order valence-electron chi connectivity index (χ2n) is 7.20. The summed E-state index contributed by atoms with van der Waals surface area (Å²) in [5.74, 6) is 0. The molecule has 0 amide bonds. The van der Waals surface area contributed by atoms with Crippen LogP contribution in [0.3, 0.4) is 0 Å². The summed E-state index contributed by atoms with van der Waals surface area (Å²) in [6.07, 6.45) is 1.15. The fourth-order valence-electron chi connectivity index (χ4n) is 3.11. The van der Waals surface area contributed by atoms with Crippen molar-refractivity contribution in [2.24, 2.45) is 12.5 Å². The molecule has 0 unspecified atom stereocenters. The Morgan fingerprint density at radius 1 is 0.947 bits per heavy atom. The molecule has 0 N–H and O–H groups in total. The van der Waals surface area contributed by atoms with Gasteiger partial charge in [-0.05, 0) is 67.9 Å². The highest BCUT2D eigenvalue weighted by Gasteiger charge is 2.19. The monoisotopic (exact) mass is 257 g/mol. The van der Waals surface area contributed by atoms with Gasteiger partial charge in [0.1, 0.15) is 0 Å². The van der Waals surface area contributed by atoms with Crippen LogP contribution in [0.2, 0.25) is 0 Å². The molecular formula is C18H27N. The van der Waals surface area contributed by atoms with Crippen LogP contribution in [0.5, 0.6) is 0 Å². The molecule has 0 spiro atoms. The minimum atomic E-state index is 0.333. The standard InChI is InChI=1S/C18H27N/c1-11-9-15-14(4)16(10-18(5,6)7)12(2)13(3)17(15)19(11)8/h9H,10H2,1-8H3. The number of benzene rings is 1. The summed E-state index contributed by atoms with van der Waals surface area (Å²) in [5.41, 5.74) is 9.01. The molecule has 1 aromatic heterocycles. The van der Waals surface area contributed by atoms with Crippen LogP contribution < -0.4 is 0 Å². The Morgan fingerprint density at radius 3 is 2.05 bits per heavy atom. The van der Waals surface area contributed by atoms with Crippen LogP contribution in [0.1, 0.15) is 48.7 Å². The molecule has 0 aliphatic rings. The van der Waals surface area contributed by atoms with Crippen LogP contribution in [0.25, 0.3) is 10.9 Å². The molecule has 0 radical (unpaired) electrons. The predicted octanol–water partition coefficient (Wildman–Crippen LogP) is 5.00. The molecule has 0 fully saturated rings. The molecule has 1 nitrogen and oxygen atoms in total. The Balaban J connectivity index is 2.81. The molecule has 2 aromatic rings. The lowest BCUT2D eigenvalue weighted by atomic mass is 9.82. The average Bonchev–Trinajstić information content (AvgIpc) is 2.58. The van der Waals surface area contributed by atoms with Crippen molar-refractivity contribution in [2.75, 3.05) is 0 Å². The molecule has 0 aliphatic heterocycles. The number of aromatic nitrogens is 1. The summed E-state index contributed by atoms with van der Waals surface area (Å²) in [6, 6.07) is 2.34. The van der Waals surface area contributed by atoms with E-state index < -0.39 is 0 Å². The first-order chi connectivity index (χ1) is 8.63. The SMILES string of the molecule is Cc1c(CC(C)(C)C)c(C)c2cc(C)n(C)c2c1C. The van der Waals surface area contributed by atoms with Crippen LogP contribution in [-0.2, 0) is 13.5 Å². The Morgan fingerprint density at radius 2 is 1.53 bits per heavy atom. The van der Waals surface area contributed by atoms with Gasteiger partial charge < -0.3 is 4.57 Å². The van der Waals surface area contributed by atoms with Crippen LogP contribution >= 0.6 is 0 Å². The Hall–Kier alpha value is -1.24. The molecule has 104 valence electrons. The third kappa shape index (κ3) is 2.31. The summed E-state index contributed by atoms with van der Waals surface area (Å²) < 4.78 is 2.32. The van der Waals surface area contributed by atoms with Gasteiger partial charge in [-0.2, -0.15) is 0 Å². The van der Waals surface area contributed by atoms with Crippen molar-refractivity contribution in [2.45, 2.75) is 54.9 Å². The van der Waals surface area contributed by atoms with E-state index in [1.165, 1.54) is 33.3 Å². The molecule has 0 bridgehead atoms. The molecule has 0 saturated heterocycles. The van der Waals surface area contributed by atoms with Crippen LogP contribution in [0.4, 0.5) is 0 Å². The first kappa shape index (κ1) is 14.2.